The summed E-state index contributed by atoms with van der Waals surface area (Å²) in [5.41, 5.74) is 0. The van der Waals surface area contributed by atoms with E-state index in [1.165, 1.54) is 0 Å². The van der Waals surface area contributed by atoms with Gasteiger partial charge in [-0.3, -0.25) is 19.7 Å². The molecule has 0 aromatic heterocycles. The topological polar surface area (TPSA) is 113 Å². The highest BCUT2D eigenvalue weighted by Crippen LogP contribution is 2.39. The molecule has 4 unspecified atom stereocenters. The summed E-state index contributed by atoms with van der Waals surface area (Å²) in [4.78, 5) is 37.9. The molecule has 29 heavy (non-hydrogen) atoms. The summed E-state index contributed by atoms with van der Waals surface area (Å²) < 4.78 is 41.6. The van der Waals surface area contributed by atoms with Gasteiger partial charge in [0, 0.05) is 24.9 Å². The lowest BCUT2D eigenvalue weighted by atomic mass is 9.79. The van der Waals surface area contributed by atoms with Gasteiger partial charge >= 0.3 is 0 Å². The number of fused-ring (bicyclic) bond motifs is 1. The minimum atomic E-state index is -3.51. The number of imide groups is 1. The highest BCUT2D eigenvalue weighted by Gasteiger charge is 2.48. The lowest BCUT2D eigenvalue weighted by Gasteiger charge is -2.32. The predicted octanol–water partition coefficient (Wildman–Crippen LogP) is 0.619. The number of nitrogens with zero attached hydrogens (tertiary/aromatic N) is 1. The van der Waals surface area contributed by atoms with Gasteiger partial charge in [0.1, 0.15) is 12.2 Å². The predicted molar refractivity (Wildman–Crippen MR) is 102 cm³/mol. The number of sulfonamides is 1. The van der Waals surface area contributed by atoms with Gasteiger partial charge in [0.25, 0.3) is 0 Å². The molecule has 4 atom stereocenters. The van der Waals surface area contributed by atoms with Gasteiger partial charge in [0.05, 0.1) is 5.25 Å². The van der Waals surface area contributed by atoms with Crippen molar-refractivity contribution >= 4 is 27.7 Å². The number of nitrogens with one attached hydrogen (secondary N) is 2. The molecule has 0 aromatic rings. The molecule has 2 N–H and O–H groups in total. The largest absolute Gasteiger partial charge is 0.330 e. The number of halogens is 1. The molecule has 0 spiro atoms. The molecule has 2 aliphatic carbocycles. The zero-order chi connectivity index (χ0) is 20.8. The maximum absolute atomic E-state index is 13.3. The normalized spacial score (nSPS) is 38.7. The number of piperidine rings is 1. The zero-order valence-corrected chi connectivity index (χ0v) is 17.1. The molecule has 162 valence electrons. The van der Waals surface area contributed by atoms with Gasteiger partial charge in [-0.1, -0.05) is 0 Å². The van der Waals surface area contributed by atoms with Crippen molar-refractivity contribution in [1.29, 1.82) is 0 Å². The average Bonchev–Trinajstić information content (AvgIpc) is 2.97. The molecule has 3 amide bonds. The third kappa shape index (κ3) is 4.19. The van der Waals surface area contributed by atoms with Gasteiger partial charge in [-0.2, -0.15) is 0 Å². The van der Waals surface area contributed by atoms with Crippen LogP contribution in [0.5, 0.6) is 0 Å². The lowest BCUT2D eigenvalue weighted by Crippen LogP contribution is -2.53. The van der Waals surface area contributed by atoms with Crippen molar-refractivity contribution in [2.75, 3.05) is 6.54 Å². The van der Waals surface area contributed by atoms with Crippen molar-refractivity contribution in [2.45, 2.75) is 81.3 Å². The van der Waals surface area contributed by atoms with Gasteiger partial charge in [-0.15, -0.1) is 0 Å². The van der Waals surface area contributed by atoms with E-state index in [9.17, 15) is 27.2 Å². The lowest BCUT2D eigenvalue weighted by molar-refractivity contribution is -0.144. The van der Waals surface area contributed by atoms with Crippen LogP contribution in [0.3, 0.4) is 0 Å². The Bertz CT molecular complexity index is 796. The molecule has 2 aliphatic heterocycles. The van der Waals surface area contributed by atoms with Crippen LogP contribution in [0.2, 0.25) is 0 Å². The Balaban J connectivity index is 1.37. The van der Waals surface area contributed by atoms with E-state index < -0.39 is 33.4 Å². The number of hydrogen-bond acceptors (Lipinski definition) is 5. The van der Waals surface area contributed by atoms with Crippen molar-refractivity contribution < 1.29 is 27.2 Å². The van der Waals surface area contributed by atoms with E-state index >= 15 is 0 Å². The molecule has 0 aromatic carbocycles. The van der Waals surface area contributed by atoms with Crippen molar-refractivity contribution in [3.8, 4) is 0 Å². The van der Waals surface area contributed by atoms with Gasteiger partial charge in [-0.05, 0) is 57.3 Å². The Kier molecular flexibility index (Phi) is 5.67. The molecule has 0 radical (unpaired) electrons. The Morgan fingerprint density at radius 1 is 1.00 bits per heavy atom. The van der Waals surface area contributed by atoms with Crippen LogP contribution >= 0.6 is 0 Å². The third-order valence-corrected chi connectivity index (χ3v) is 8.98. The van der Waals surface area contributed by atoms with Crippen LogP contribution in [-0.4, -0.2) is 61.1 Å². The van der Waals surface area contributed by atoms with E-state index in [1.807, 2.05) is 0 Å². The number of carbonyl (C=O) groups excluding carboxylic acids is 3. The van der Waals surface area contributed by atoms with E-state index in [0.717, 1.165) is 0 Å². The molecule has 4 rings (SSSR count). The Morgan fingerprint density at radius 3 is 2.41 bits per heavy atom. The van der Waals surface area contributed by atoms with Gasteiger partial charge < -0.3 is 4.90 Å². The standard InChI is InChI=1S/C19H28FN3O5S/c20-12-1-4-14(5-2-12)29(27,28)22-13-3-6-15-11(9-13)10-23(19(15)26)16-7-8-17(24)21-18(16)25/h11-16,22H,1-10H2,(H,21,24,25). The molecule has 0 bridgehead atoms. The first-order valence-corrected chi connectivity index (χ1v) is 12.1. The van der Waals surface area contributed by atoms with Gasteiger partial charge in [0.2, 0.25) is 27.7 Å². The molecular formula is C19H28FN3O5S. The molecule has 2 saturated carbocycles. The molecule has 2 heterocycles. The second-order valence-corrected chi connectivity index (χ2v) is 10.9. The number of amides is 3. The summed E-state index contributed by atoms with van der Waals surface area (Å²) >= 11 is 0. The number of alkyl halides is 1. The fourth-order valence-electron chi connectivity index (χ4n) is 5.37. The SMILES string of the molecule is O=C1CCC(N2CC3CC(NS(=O)(=O)C4CCC(F)CC4)CCC3C2=O)C(=O)N1. The van der Waals surface area contributed by atoms with Crippen LogP contribution in [-0.2, 0) is 24.4 Å². The molecule has 10 heteroatoms. The van der Waals surface area contributed by atoms with Crippen molar-refractivity contribution in [3.05, 3.63) is 0 Å². The Morgan fingerprint density at radius 2 is 1.72 bits per heavy atom. The van der Waals surface area contributed by atoms with Crippen molar-refractivity contribution in [2.24, 2.45) is 11.8 Å². The smallest absolute Gasteiger partial charge is 0.249 e. The van der Waals surface area contributed by atoms with E-state index in [2.05, 4.69) is 10.0 Å². The van der Waals surface area contributed by atoms with Gasteiger partial charge in [0.15, 0.2) is 0 Å². The van der Waals surface area contributed by atoms with E-state index in [4.69, 9.17) is 0 Å². The van der Waals surface area contributed by atoms with Crippen LogP contribution < -0.4 is 10.0 Å². The van der Waals surface area contributed by atoms with Crippen LogP contribution in [0.25, 0.3) is 0 Å². The minimum Gasteiger partial charge on any atom is -0.330 e. The summed E-state index contributed by atoms with van der Waals surface area (Å²) in [6.07, 6.45) is 2.63. The van der Waals surface area contributed by atoms with E-state index in [1.54, 1.807) is 4.90 Å². The minimum absolute atomic E-state index is 0.00374. The van der Waals surface area contributed by atoms with Crippen LogP contribution in [0, 0.1) is 11.8 Å². The first-order valence-electron chi connectivity index (χ1n) is 10.5. The summed E-state index contributed by atoms with van der Waals surface area (Å²) in [6, 6.07) is -0.851. The second kappa shape index (κ2) is 7.94. The highest BCUT2D eigenvalue weighted by molar-refractivity contribution is 7.90. The molecule has 2 saturated heterocycles. The molecule has 4 aliphatic rings. The van der Waals surface area contributed by atoms with E-state index in [0.29, 0.717) is 45.1 Å². The highest BCUT2D eigenvalue weighted by atomic mass is 32.2. The summed E-state index contributed by atoms with van der Waals surface area (Å²) in [5, 5.41) is 1.75. The number of likely N-dealkylation sites (tertiary alicyclic amines) is 1. The zero-order valence-electron chi connectivity index (χ0n) is 16.3. The Hall–Kier alpha value is -1.55. The fourth-order valence-corrected chi connectivity index (χ4v) is 7.14. The molecule has 4 fully saturated rings. The molecular weight excluding hydrogens is 401 g/mol. The second-order valence-electron chi connectivity index (χ2n) is 8.87. The summed E-state index contributed by atoms with van der Waals surface area (Å²) in [6.45, 7) is 0.418. The maximum atomic E-state index is 13.3. The van der Waals surface area contributed by atoms with E-state index in [-0.39, 0.29) is 49.0 Å². The first-order chi connectivity index (χ1) is 13.7. The van der Waals surface area contributed by atoms with Gasteiger partial charge in [-0.25, -0.2) is 17.5 Å². The fraction of sp³-hybridized carbons (Fsp3) is 0.842. The molecule has 8 nitrogen and oxygen atoms in total. The number of hydrogen-bond donors (Lipinski definition) is 2. The van der Waals surface area contributed by atoms with Crippen molar-refractivity contribution in [3.63, 3.8) is 0 Å². The Labute approximate surface area is 170 Å². The van der Waals surface area contributed by atoms with Crippen LogP contribution in [0.15, 0.2) is 0 Å². The third-order valence-electron chi connectivity index (χ3n) is 6.97. The average molecular weight is 430 g/mol. The first kappa shape index (κ1) is 20.7. The quantitative estimate of drug-likeness (QED) is 0.636. The van der Waals surface area contributed by atoms with Crippen molar-refractivity contribution in [1.82, 2.24) is 14.9 Å². The van der Waals surface area contributed by atoms with Crippen LogP contribution in [0.4, 0.5) is 4.39 Å². The maximum Gasteiger partial charge on any atom is 0.249 e. The monoisotopic (exact) mass is 429 g/mol. The van der Waals surface area contributed by atoms with Crippen LogP contribution in [0.1, 0.15) is 57.8 Å². The number of rotatable bonds is 4. The number of carbonyl (C=O) groups is 3. The summed E-state index contributed by atoms with van der Waals surface area (Å²) in [7, 11) is -3.51. The summed E-state index contributed by atoms with van der Waals surface area (Å²) in [5.74, 6) is -0.994.